The van der Waals surface area contributed by atoms with Gasteiger partial charge in [0, 0.05) is 11.0 Å². The molecule has 1 unspecified atom stereocenters. The van der Waals surface area contributed by atoms with Crippen LogP contribution in [0.3, 0.4) is 0 Å². The Bertz CT molecular complexity index is 583. The van der Waals surface area contributed by atoms with E-state index in [0.717, 1.165) is 28.6 Å². The fourth-order valence-electron chi connectivity index (χ4n) is 2.13. The van der Waals surface area contributed by atoms with Crippen LogP contribution in [0.4, 0.5) is 0 Å². The lowest BCUT2D eigenvalue weighted by Gasteiger charge is -2.16. The molecule has 1 aromatic carbocycles. The van der Waals surface area contributed by atoms with Crippen LogP contribution in [0.25, 0.3) is 0 Å². The van der Waals surface area contributed by atoms with Crippen molar-refractivity contribution < 1.29 is 5.11 Å². The Hall–Kier alpha value is -0.840. The number of aryl methyl sites for hydroxylation is 2. The first-order valence-corrected chi connectivity index (χ1v) is 7.37. The van der Waals surface area contributed by atoms with Crippen LogP contribution < -0.4 is 0 Å². The molecule has 0 aliphatic carbocycles. The van der Waals surface area contributed by atoms with Crippen LogP contribution in [0.2, 0.25) is 5.02 Å². The second kappa shape index (κ2) is 6.07. The van der Waals surface area contributed by atoms with Gasteiger partial charge in [-0.2, -0.15) is 5.10 Å². The molecule has 0 aliphatic heterocycles. The van der Waals surface area contributed by atoms with Crippen molar-refractivity contribution in [1.29, 1.82) is 0 Å². The average molecular weight is 344 g/mol. The van der Waals surface area contributed by atoms with E-state index in [1.165, 1.54) is 0 Å². The van der Waals surface area contributed by atoms with Gasteiger partial charge < -0.3 is 5.11 Å². The predicted octanol–water partition coefficient (Wildman–Crippen LogP) is 4.10. The van der Waals surface area contributed by atoms with E-state index < -0.39 is 6.10 Å². The molecule has 0 radical (unpaired) electrons. The molecule has 102 valence electrons. The van der Waals surface area contributed by atoms with Crippen LogP contribution in [0.15, 0.2) is 28.9 Å². The van der Waals surface area contributed by atoms with Gasteiger partial charge in [-0.3, -0.25) is 4.68 Å². The minimum absolute atomic E-state index is 0.503. The summed E-state index contributed by atoms with van der Waals surface area (Å²) in [6, 6.07) is 5.80. The molecule has 0 amide bonds. The predicted molar refractivity (Wildman–Crippen MR) is 80.5 cm³/mol. The number of hydrogen-bond acceptors (Lipinski definition) is 2. The number of halogens is 2. The number of aliphatic hydroxyl groups is 1. The smallest absolute Gasteiger partial charge is 0.122 e. The Balaban J connectivity index is 2.43. The summed E-state index contributed by atoms with van der Waals surface area (Å²) >= 11 is 9.58. The van der Waals surface area contributed by atoms with E-state index in [1.54, 1.807) is 10.9 Å². The van der Waals surface area contributed by atoms with Crippen molar-refractivity contribution in [3.05, 3.63) is 50.7 Å². The van der Waals surface area contributed by atoms with Crippen molar-refractivity contribution in [3.8, 4) is 0 Å². The van der Waals surface area contributed by atoms with Crippen molar-refractivity contribution in [2.75, 3.05) is 0 Å². The summed E-state index contributed by atoms with van der Waals surface area (Å²) in [6.07, 6.45) is 1.77. The summed E-state index contributed by atoms with van der Waals surface area (Å²) in [7, 11) is 0. The summed E-state index contributed by atoms with van der Waals surface area (Å²) in [6.45, 7) is 4.78. The van der Waals surface area contributed by atoms with Crippen LogP contribution >= 0.6 is 27.5 Å². The zero-order valence-corrected chi connectivity index (χ0v) is 13.2. The number of rotatable bonds is 4. The fraction of sp³-hybridized carbons (Fsp3) is 0.357. The molecule has 2 aromatic rings. The van der Waals surface area contributed by atoms with E-state index in [2.05, 4.69) is 28.0 Å². The molecule has 5 heteroatoms. The summed E-state index contributed by atoms with van der Waals surface area (Å²) in [5.74, 6) is 0. The third-order valence-electron chi connectivity index (χ3n) is 3.05. The summed E-state index contributed by atoms with van der Waals surface area (Å²) in [5, 5.41) is 15.3. The number of aliphatic hydroxyl groups excluding tert-OH is 1. The quantitative estimate of drug-likeness (QED) is 0.907. The maximum Gasteiger partial charge on any atom is 0.122 e. The molecule has 1 atom stereocenters. The Morgan fingerprint density at radius 2 is 2.21 bits per heavy atom. The molecular formula is C14H16BrClN2O. The molecule has 1 heterocycles. The standard InChI is InChI=1S/C14H16BrClN2O/c1-3-6-18-13(12(16)8-17-18)14(19)11-5-4-10(15)7-9(11)2/h4-5,7-8,14,19H,3,6H2,1-2H3. The molecule has 0 spiro atoms. The number of aromatic nitrogens is 2. The second-order valence-corrected chi connectivity index (χ2v) is 5.83. The van der Waals surface area contributed by atoms with Crippen LogP contribution in [0, 0.1) is 6.92 Å². The van der Waals surface area contributed by atoms with E-state index in [1.807, 2.05) is 25.1 Å². The first kappa shape index (κ1) is 14.6. The van der Waals surface area contributed by atoms with Crippen LogP contribution in [-0.4, -0.2) is 14.9 Å². The van der Waals surface area contributed by atoms with Gasteiger partial charge in [0.15, 0.2) is 0 Å². The van der Waals surface area contributed by atoms with E-state index in [9.17, 15) is 5.11 Å². The first-order chi connectivity index (χ1) is 9.04. The zero-order chi connectivity index (χ0) is 14.0. The van der Waals surface area contributed by atoms with E-state index >= 15 is 0 Å². The molecule has 1 N–H and O–H groups in total. The van der Waals surface area contributed by atoms with E-state index in [0.29, 0.717) is 10.7 Å². The Kier molecular flexibility index (Phi) is 4.66. The normalized spacial score (nSPS) is 12.7. The molecule has 0 aliphatic rings. The lowest BCUT2D eigenvalue weighted by atomic mass is 10.0. The zero-order valence-electron chi connectivity index (χ0n) is 10.9. The highest BCUT2D eigenvalue weighted by molar-refractivity contribution is 9.10. The van der Waals surface area contributed by atoms with Crippen LogP contribution in [-0.2, 0) is 6.54 Å². The monoisotopic (exact) mass is 342 g/mol. The minimum atomic E-state index is -0.755. The maximum absolute atomic E-state index is 10.6. The van der Waals surface area contributed by atoms with Crippen molar-refractivity contribution in [1.82, 2.24) is 9.78 Å². The Labute approximate surface area is 126 Å². The van der Waals surface area contributed by atoms with Crippen molar-refractivity contribution in [3.63, 3.8) is 0 Å². The van der Waals surface area contributed by atoms with E-state index in [-0.39, 0.29) is 0 Å². The van der Waals surface area contributed by atoms with Gasteiger partial charge in [0.1, 0.15) is 6.10 Å². The van der Waals surface area contributed by atoms with Gasteiger partial charge in [-0.15, -0.1) is 0 Å². The number of hydrogen-bond donors (Lipinski definition) is 1. The third kappa shape index (κ3) is 3.02. The molecule has 3 nitrogen and oxygen atoms in total. The Morgan fingerprint density at radius 3 is 2.84 bits per heavy atom. The third-order valence-corrected chi connectivity index (χ3v) is 3.84. The van der Waals surface area contributed by atoms with Gasteiger partial charge in [0.25, 0.3) is 0 Å². The van der Waals surface area contributed by atoms with Gasteiger partial charge in [0.2, 0.25) is 0 Å². The van der Waals surface area contributed by atoms with Crippen molar-refractivity contribution >= 4 is 27.5 Å². The molecule has 19 heavy (non-hydrogen) atoms. The molecule has 1 aromatic heterocycles. The fourth-order valence-corrected chi connectivity index (χ4v) is 2.85. The van der Waals surface area contributed by atoms with Gasteiger partial charge in [-0.25, -0.2) is 0 Å². The average Bonchev–Trinajstić information content (AvgIpc) is 2.70. The topological polar surface area (TPSA) is 38.0 Å². The van der Waals surface area contributed by atoms with Crippen LogP contribution in [0.5, 0.6) is 0 Å². The van der Waals surface area contributed by atoms with Gasteiger partial charge in [-0.1, -0.05) is 40.5 Å². The highest BCUT2D eigenvalue weighted by Gasteiger charge is 2.21. The summed E-state index contributed by atoms with van der Waals surface area (Å²) in [5.41, 5.74) is 2.53. The summed E-state index contributed by atoms with van der Waals surface area (Å²) in [4.78, 5) is 0. The number of benzene rings is 1. The van der Waals surface area contributed by atoms with Gasteiger partial charge in [-0.05, 0) is 36.6 Å². The molecule has 0 bridgehead atoms. The SMILES string of the molecule is CCCn1ncc(Cl)c1C(O)c1ccc(Br)cc1C. The lowest BCUT2D eigenvalue weighted by molar-refractivity contribution is 0.206. The molecule has 0 saturated heterocycles. The highest BCUT2D eigenvalue weighted by atomic mass is 79.9. The van der Waals surface area contributed by atoms with Gasteiger partial charge in [0.05, 0.1) is 16.9 Å². The largest absolute Gasteiger partial charge is 0.382 e. The van der Waals surface area contributed by atoms with Crippen molar-refractivity contribution in [2.45, 2.75) is 32.9 Å². The molecule has 0 fully saturated rings. The minimum Gasteiger partial charge on any atom is -0.382 e. The second-order valence-electron chi connectivity index (χ2n) is 4.50. The molecule has 2 rings (SSSR count). The van der Waals surface area contributed by atoms with E-state index in [4.69, 9.17) is 11.6 Å². The lowest BCUT2D eigenvalue weighted by Crippen LogP contribution is -2.11. The van der Waals surface area contributed by atoms with Crippen LogP contribution in [0.1, 0.15) is 36.3 Å². The highest BCUT2D eigenvalue weighted by Crippen LogP contribution is 2.31. The number of nitrogens with zero attached hydrogens (tertiary/aromatic N) is 2. The van der Waals surface area contributed by atoms with Gasteiger partial charge >= 0.3 is 0 Å². The maximum atomic E-state index is 10.6. The summed E-state index contributed by atoms with van der Waals surface area (Å²) < 4.78 is 2.77. The molecular weight excluding hydrogens is 328 g/mol. The first-order valence-electron chi connectivity index (χ1n) is 6.20. The molecule has 0 saturated carbocycles. The Morgan fingerprint density at radius 1 is 1.47 bits per heavy atom. The van der Waals surface area contributed by atoms with Crippen molar-refractivity contribution in [2.24, 2.45) is 0 Å².